The summed E-state index contributed by atoms with van der Waals surface area (Å²) in [5.74, 6) is -0.615. The fraction of sp³-hybridized carbons (Fsp3) is 0.222. The van der Waals surface area contributed by atoms with E-state index in [0.717, 1.165) is 17.7 Å². The maximum atomic E-state index is 13.3. The highest BCUT2D eigenvalue weighted by Gasteiger charge is 2.36. The van der Waals surface area contributed by atoms with Crippen LogP contribution in [0.1, 0.15) is 18.1 Å². The van der Waals surface area contributed by atoms with Crippen LogP contribution < -0.4 is 15.4 Å². The van der Waals surface area contributed by atoms with E-state index in [4.69, 9.17) is 4.74 Å². The van der Waals surface area contributed by atoms with Crippen molar-refractivity contribution in [1.82, 2.24) is 0 Å². The van der Waals surface area contributed by atoms with Crippen LogP contribution in [0.4, 0.5) is 24.5 Å². The lowest BCUT2D eigenvalue weighted by Crippen LogP contribution is -2.32. The summed E-state index contributed by atoms with van der Waals surface area (Å²) >= 11 is 0. The van der Waals surface area contributed by atoms with Crippen molar-refractivity contribution in [2.45, 2.75) is 25.6 Å². The summed E-state index contributed by atoms with van der Waals surface area (Å²) < 4.78 is 45.4. The van der Waals surface area contributed by atoms with E-state index in [1.807, 2.05) is 0 Å². The minimum Gasteiger partial charge on any atom is -0.480 e. The van der Waals surface area contributed by atoms with Crippen molar-refractivity contribution in [2.24, 2.45) is 0 Å². The van der Waals surface area contributed by atoms with E-state index in [9.17, 15) is 22.8 Å². The second-order valence-electron chi connectivity index (χ2n) is 5.85. The Morgan fingerprint density at radius 2 is 1.85 bits per heavy atom. The molecule has 0 saturated heterocycles. The molecule has 1 atom stereocenters. The fourth-order valence-corrected chi connectivity index (χ4v) is 2.71. The van der Waals surface area contributed by atoms with Gasteiger partial charge < -0.3 is 15.4 Å². The number of alkyl halides is 3. The molecule has 2 N–H and O–H groups in total. The Kier molecular flexibility index (Phi) is 4.58. The third kappa shape index (κ3) is 3.79. The molecule has 0 bridgehead atoms. The van der Waals surface area contributed by atoms with Crippen LogP contribution in [-0.2, 0) is 22.2 Å². The summed E-state index contributed by atoms with van der Waals surface area (Å²) in [5, 5.41) is 4.57. The first-order chi connectivity index (χ1) is 12.2. The molecule has 136 valence electrons. The summed E-state index contributed by atoms with van der Waals surface area (Å²) in [4.78, 5) is 23.4. The number of hydrogen-bond acceptors (Lipinski definition) is 3. The first kappa shape index (κ1) is 17.8. The van der Waals surface area contributed by atoms with Crippen molar-refractivity contribution in [3.63, 3.8) is 0 Å². The second kappa shape index (κ2) is 6.70. The molecule has 0 radical (unpaired) electrons. The van der Waals surface area contributed by atoms with E-state index >= 15 is 0 Å². The Morgan fingerprint density at radius 1 is 1.12 bits per heavy atom. The molecule has 8 heteroatoms. The van der Waals surface area contributed by atoms with E-state index in [1.54, 1.807) is 24.3 Å². The summed E-state index contributed by atoms with van der Waals surface area (Å²) in [5.41, 5.74) is -0.624. The van der Waals surface area contributed by atoms with Crippen molar-refractivity contribution in [1.29, 1.82) is 0 Å². The minimum absolute atomic E-state index is 0.00709. The molecule has 3 rings (SSSR count). The van der Waals surface area contributed by atoms with Crippen LogP contribution in [0, 0.1) is 0 Å². The molecule has 2 aromatic rings. The van der Waals surface area contributed by atoms with Crippen LogP contribution in [0.2, 0.25) is 0 Å². The van der Waals surface area contributed by atoms with Crippen molar-refractivity contribution >= 4 is 23.2 Å². The predicted molar refractivity (Wildman–Crippen MR) is 88.9 cm³/mol. The molecule has 1 aliphatic heterocycles. The van der Waals surface area contributed by atoms with Crippen molar-refractivity contribution in [3.05, 3.63) is 53.6 Å². The maximum Gasteiger partial charge on any atom is 0.418 e. The van der Waals surface area contributed by atoms with Crippen LogP contribution in [0.15, 0.2) is 42.5 Å². The summed E-state index contributed by atoms with van der Waals surface area (Å²) in [7, 11) is 0. The third-order valence-corrected chi connectivity index (χ3v) is 3.84. The van der Waals surface area contributed by atoms with E-state index in [2.05, 4.69) is 10.6 Å². The van der Waals surface area contributed by atoms with Gasteiger partial charge in [0.15, 0.2) is 6.10 Å². The fourth-order valence-electron chi connectivity index (χ4n) is 2.71. The quantitative estimate of drug-likeness (QED) is 0.874. The van der Waals surface area contributed by atoms with Crippen LogP contribution >= 0.6 is 0 Å². The highest BCUT2D eigenvalue weighted by atomic mass is 19.4. The molecular formula is C18H15F3N2O3. The zero-order valence-corrected chi connectivity index (χ0v) is 13.7. The molecule has 0 fully saturated rings. The van der Waals surface area contributed by atoms with Gasteiger partial charge in [0.25, 0.3) is 5.91 Å². The number of carbonyl (C=O) groups excluding carboxylic acids is 2. The number of fused-ring (bicyclic) bond motifs is 1. The number of amides is 2. The van der Waals surface area contributed by atoms with Crippen molar-refractivity contribution in [3.8, 4) is 5.75 Å². The van der Waals surface area contributed by atoms with Crippen LogP contribution in [0.3, 0.4) is 0 Å². The number of hydrogen-bond donors (Lipinski definition) is 2. The van der Waals surface area contributed by atoms with Gasteiger partial charge in [-0.1, -0.05) is 18.2 Å². The van der Waals surface area contributed by atoms with E-state index in [-0.39, 0.29) is 12.1 Å². The number of rotatable bonds is 3. The molecule has 2 amide bonds. The molecule has 0 aliphatic carbocycles. The maximum absolute atomic E-state index is 13.3. The number of benzene rings is 2. The van der Waals surface area contributed by atoms with Gasteiger partial charge in [-0.05, 0) is 29.8 Å². The number of halogens is 3. The Labute approximate surface area is 147 Å². The molecule has 1 unspecified atom stereocenters. The normalized spacial score (nSPS) is 15.8. The molecule has 0 spiro atoms. The Hall–Kier alpha value is -3.03. The highest BCUT2D eigenvalue weighted by Crippen LogP contribution is 2.37. The van der Waals surface area contributed by atoms with Crippen LogP contribution in [0.5, 0.6) is 5.75 Å². The van der Waals surface area contributed by atoms with Gasteiger partial charge in [-0.25, -0.2) is 0 Å². The van der Waals surface area contributed by atoms with Crippen molar-refractivity contribution < 1.29 is 27.5 Å². The van der Waals surface area contributed by atoms with Crippen molar-refractivity contribution in [2.75, 3.05) is 10.6 Å². The Morgan fingerprint density at radius 3 is 2.50 bits per heavy atom. The number of carbonyl (C=O) groups is 2. The molecular weight excluding hydrogens is 349 g/mol. The number of ether oxygens (including phenoxy) is 1. The molecule has 1 heterocycles. The lowest BCUT2D eigenvalue weighted by atomic mass is 10.1. The van der Waals surface area contributed by atoms with E-state index < -0.39 is 35.3 Å². The van der Waals surface area contributed by atoms with Crippen LogP contribution in [-0.4, -0.2) is 17.9 Å². The standard InChI is InChI=1S/C18H15F3N2O3/c1-10(24)22-12-6-7-14(13(9-12)18(19,20)21)23-17(25)16-8-11-4-2-3-5-15(11)26-16/h2-7,9,16H,8H2,1H3,(H,22,24)(H,23,25). The average molecular weight is 364 g/mol. The zero-order valence-electron chi connectivity index (χ0n) is 13.7. The molecule has 0 aromatic heterocycles. The summed E-state index contributed by atoms with van der Waals surface area (Å²) in [6.45, 7) is 1.19. The van der Waals surface area contributed by atoms with Gasteiger partial charge in [0.2, 0.25) is 5.91 Å². The van der Waals surface area contributed by atoms with Crippen LogP contribution in [0.25, 0.3) is 0 Å². The number of anilines is 2. The SMILES string of the molecule is CC(=O)Nc1ccc(NC(=O)C2Cc3ccccc3O2)c(C(F)(F)F)c1. The predicted octanol–water partition coefficient (Wildman–Crippen LogP) is 3.61. The van der Waals surface area contributed by atoms with Gasteiger partial charge in [-0.15, -0.1) is 0 Å². The first-order valence-electron chi connectivity index (χ1n) is 7.78. The van der Waals surface area contributed by atoms with Gasteiger partial charge in [0.1, 0.15) is 5.75 Å². The number of nitrogens with one attached hydrogen (secondary N) is 2. The smallest absolute Gasteiger partial charge is 0.418 e. The summed E-state index contributed by atoms with van der Waals surface area (Å²) in [6, 6.07) is 10.2. The van der Waals surface area contributed by atoms with Gasteiger partial charge in [0, 0.05) is 19.0 Å². The summed E-state index contributed by atoms with van der Waals surface area (Å²) in [6.07, 6.45) is -5.31. The minimum atomic E-state index is -4.70. The topological polar surface area (TPSA) is 67.4 Å². The number of para-hydroxylation sites is 1. The lowest BCUT2D eigenvalue weighted by molar-refractivity contribution is -0.137. The second-order valence-corrected chi connectivity index (χ2v) is 5.85. The monoisotopic (exact) mass is 364 g/mol. The van der Waals surface area contributed by atoms with Gasteiger partial charge >= 0.3 is 6.18 Å². The first-order valence-corrected chi connectivity index (χ1v) is 7.78. The van der Waals surface area contributed by atoms with E-state index in [1.165, 1.54) is 13.0 Å². The highest BCUT2D eigenvalue weighted by molar-refractivity contribution is 5.96. The third-order valence-electron chi connectivity index (χ3n) is 3.84. The average Bonchev–Trinajstić information content (AvgIpc) is 2.99. The largest absolute Gasteiger partial charge is 0.480 e. The molecule has 26 heavy (non-hydrogen) atoms. The zero-order chi connectivity index (χ0) is 18.9. The molecule has 1 aliphatic rings. The van der Waals surface area contributed by atoms with Gasteiger partial charge in [0.05, 0.1) is 11.3 Å². The molecule has 0 saturated carbocycles. The molecule has 5 nitrogen and oxygen atoms in total. The van der Waals surface area contributed by atoms with Gasteiger partial charge in [-0.2, -0.15) is 13.2 Å². The van der Waals surface area contributed by atoms with E-state index in [0.29, 0.717) is 5.75 Å². The van der Waals surface area contributed by atoms with Gasteiger partial charge in [-0.3, -0.25) is 9.59 Å². The lowest BCUT2D eigenvalue weighted by Gasteiger charge is -2.17. The Bertz CT molecular complexity index is 840. The molecule has 2 aromatic carbocycles. The Balaban J connectivity index is 1.81.